The Morgan fingerprint density at radius 3 is 2.36 bits per heavy atom. The summed E-state index contributed by atoms with van der Waals surface area (Å²) in [4.78, 5) is 27.8. The second-order valence-corrected chi connectivity index (χ2v) is 10.4. The Balaban J connectivity index is 1.14. The van der Waals surface area contributed by atoms with E-state index in [1.807, 2.05) is 100 Å². The highest BCUT2D eigenvalue weighted by molar-refractivity contribution is 6.01. The molecule has 2 aliphatic heterocycles. The zero-order valence-electron chi connectivity index (χ0n) is 21.3. The molecule has 4 heterocycles. The third-order valence-corrected chi connectivity index (χ3v) is 7.90. The van der Waals surface area contributed by atoms with Gasteiger partial charge < -0.3 is 14.8 Å². The number of rotatable bonds is 4. The quantitative estimate of drug-likeness (QED) is 0.345. The summed E-state index contributed by atoms with van der Waals surface area (Å²) >= 11 is 0. The van der Waals surface area contributed by atoms with E-state index in [4.69, 9.17) is 0 Å². The van der Waals surface area contributed by atoms with Crippen LogP contribution in [0.2, 0.25) is 0 Å². The minimum Gasteiger partial charge on any atom is -0.338 e. The zero-order valence-corrected chi connectivity index (χ0v) is 21.3. The van der Waals surface area contributed by atoms with Crippen LogP contribution in [-0.2, 0) is 6.54 Å². The van der Waals surface area contributed by atoms with E-state index in [9.17, 15) is 9.59 Å². The third-order valence-electron chi connectivity index (χ3n) is 7.90. The van der Waals surface area contributed by atoms with Crippen molar-refractivity contribution in [3.8, 4) is 11.3 Å². The van der Waals surface area contributed by atoms with E-state index in [1.54, 1.807) is 6.07 Å². The SMILES string of the molecule is O=C(c1ccc(-c2nnc(Nc3ccccc3)c3ccccc23)cc1)N1C[C@@H]2C[C@H](C1)c1cccc(=O)n1C2. The number of nitrogens with zero attached hydrogens (tertiary/aromatic N) is 4. The molecule has 1 saturated heterocycles. The molecular formula is C32H27N5O2. The molecule has 39 heavy (non-hydrogen) atoms. The lowest BCUT2D eigenvalue weighted by Crippen LogP contribution is -2.49. The molecule has 2 atom stereocenters. The standard InChI is InChI=1S/C32H27N5O2/c38-29-12-6-11-28-24-17-21(19-37(28)29)18-36(20-24)32(39)23-15-13-22(14-16-23)30-26-9-4-5-10-27(26)31(35-34-30)33-25-7-2-1-3-8-25/h1-16,21,24H,17-20H2,(H,33,35)/t21-,24+/m0/s1. The Labute approximate surface area is 225 Å². The summed E-state index contributed by atoms with van der Waals surface area (Å²) in [6, 6.07) is 31.1. The number of pyridine rings is 1. The number of amides is 1. The maximum atomic E-state index is 13.5. The molecule has 2 aromatic heterocycles. The van der Waals surface area contributed by atoms with Crippen molar-refractivity contribution in [3.05, 3.63) is 119 Å². The molecule has 0 aliphatic carbocycles. The predicted octanol–water partition coefficient (Wildman–Crippen LogP) is 5.46. The average Bonchev–Trinajstić information content (AvgIpc) is 2.98. The number of anilines is 2. The highest BCUT2D eigenvalue weighted by Gasteiger charge is 2.36. The van der Waals surface area contributed by atoms with Crippen molar-refractivity contribution < 1.29 is 4.79 Å². The topological polar surface area (TPSA) is 80.1 Å². The van der Waals surface area contributed by atoms with Crippen LogP contribution in [0.5, 0.6) is 0 Å². The van der Waals surface area contributed by atoms with Crippen LogP contribution < -0.4 is 10.9 Å². The monoisotopic (exact) mass is 513 g/mol. The van der Waals surface area contributed by atoms with Crippen molar-refractivity contribution in [3.63, 3.8) is 0 Å². The van der Waals surface area contributed by atoms with Crippen LogP contribution >= 0.6 is 0 Å². The largest absolute Gasteiger partial charge is 0.338 e. The van der Waals surface area contributed by atoms with E-state index in [1.165, 1.54) is 0 Å². The van der Waals surface area contributed by atoms with E-state index >= 15 is 0 Å². The molecule has 192 valence electrons. The van der Waals surface area contributed by atoms with Gasteiger partial charge in [-0.1, -0.05) is 60.7 Å². The molecule has 0 spiro atoms. The van der Waals surface area contributed by atoms with Gasteiger partial charge in [-0.25, -0.2) is 0 Å². The van der Waals surface area contributed by atoms with Gasteiger partial charge in [-0.05, 0) is 42.7 Å². The highest BCUT2D eigenvalue weighted by Crippen LogP contribution is 2.36. The van der Waals surface area contributed by atoms with Gasteiger partial charge in [0.25, 0.3) is 11.5 Å². The lowest BCUT2D eigenvalue weighted by molar-refractivity contribution is 0.0594. The minimum atomic E-state index is 0.0290. The molecule has 2 aliphatic rings. The molecule has 7 rings (SSSR count). The van der Waals surface area contributed by atoms with Crippen LogP contribution in [0.25, 0.3) is 22.0 Å². The first-order valence-corrected chi connectivity index (χ1v) is 13.3. The van der Waals surface area contributed by atoms with Crippen LogP contribution in [0, 0.1) is 5.92 Å². The maximum Gasteiger partial charge on any atom is 0.253 e. The van der Waals surface area contributed by atoms with E-state index < -0.39 is 0 Å². The number of nitrogens with one attached hydrogen (secondary N) is 1. The van der Waals surface area contributed by atoms with Crippen molar-refractivity contribution in [2.24, 2.45) is 5.92 Å². The third kappa shape index (κ3) is 4.26. The first kappa shape index (κ1) is 23.3. The molecule has 5 aromatic rings. The van der Waals surface area contributed by atoms with Crippen molar-refractivity contribution in [1.29, 1.82) is 0 Å². The summed E-state index contributed by atoms with van der Waals surface area (Å²) in [5.41, 5.74) is 4.39. The van der Waals surface area contributed by atoms with E-state index in [-0.39, 0.29) is 17.4 Å². The summed E-state index contributed by atoms with van der Waals surface area (Å²) in [6.07, 6.45) is 1.02. The van der Waals surface area contributed by atoms with Crippen LogP contribution in [-0.4, -0.2) is 38.7 Å². The smallest absolute Gasteiger partial charge is 0.253 e. The summed E-state index contributed by atoms with van der Waals surface area (Å²) in [5, 5.41) is 14.4. The molecule has 1 fully saturated rings. The maximum absolute atomic E-state index is 13.5. The summed E-state index contributed by atoms with van der Waals surface area (Å²) in [7, 11) is 0. The Kier molecular flexibility index (Phi) is 5.69. The van der Waals surface area contributed by atoms with Crippen molar-refractivity contribution in [2.75, 3.05) is 18.4 Å². The van der Waals surface area contributed by atoms with Crippen LogP contribution in [0.15, 0.2) is 102 Å². The fraction of sp³-hybridized carbons (Fsp3) is 0.188. The molecular weight excluding hydrogens is 486 g/mol. The fourth-order valence-corrected chi connectivity index (χ4v) is 6.08. The van der Waals surface area contributed by atoms with Crippen LogP contribution in [0.3, 0.4) is 0 Å². The van der Waals surface area contributed by atoms with Gasteiger partial charge in [-0.15, -0.1) is 10.2 Å². The van der Waals surface area contributed by atoms with Crippen molar-refractivity contribution in [1.82, 2.24) is 19.7 Å². The normalized spacial score (nSPS) is 18.0. The van der Waals surface area contributed by atoms with Gasteiger partial charge in [-0.2, -0.15) is 0 Å². The van der Waals surface area contributed by atoms with Gasteiger partial charge in [-0.3, -0.25) is 9.59 Å². The number of hydrogen-bond acceptors (Lipinski definition) is 5. The molecule has 1 N–H and O–H groups in total. The van der Waals surface area contributed by atoms with Gasteiger partial charge in [0.05, 0.1) is 0 Å². The Morgan fingerprint density at radius 1 is 0.769 bits per heavy atom. The number of para-hydroxylation sites is 1. The van der Waals surface area contributed by atoms with E-state index in [0.717, 1.165) is 39.8 Å². The zero-order chi connectivity index (χ0) is 26.3. The Morgan fingerprint density at radius 2 is 1.54 bits per heavy atom. The second kappa shape index (κ2) is 9.51. The number of benzene rings is 3. The predicted molar refractivity (Wildman–Crippen MR) is 152 cm³/mol. The number of fused-ring (bicyclic) bond motifs is 5. The molecule has 1 amide bonds. The van der Waals surface area contributed by atoms with Gasteiger partial charge >= 0.3 is 0 Å². The molecule has 2 bridgehead atoms. The van der Waals surface area contributed by atoms with Crippen molar-refractivity contribution in [2.45, 2.75) is 18.9 Å². The minimum absolute atomic E-state index is 0.0290. The fourth-order valence-electron chi connectivity index (χ4n) is 6.08. The first-order chi connectivity index (χ1) is 19.1. The van der Waals surface area contributed by atoms with Gasteiger partial charge in [0, 0.05) is 64.9 Å². The highest BCUT2D eigenvalue weighted by atomic mass is 16.2. The summed E-state index contributed by atoms with van der Waals surface area (Å²) in [6.45, 7) is 1.98. The Bertz CT molecular complexity index is 1750. The number of aromatic nitrogens is 3. The van der Waals surface area contributed by atoms with Gasteiger partial charge in [0.15, 0.2) is 5.82 Å². The number of carbonyl (C=O) groups is 1. The van der Waals surface area contributed by atoms with Crippen LogP contribution in [0.1, 0.15) is 28.4 Å². The number of piperidine rings is 1. The summed E-state index contributed by atoms with van der Waals surface area (Å²) < 4.78 is 1.89. The molecule has 3 aromatic carbocycles. The number of carbonyl (C=O) groups excluding carboxylic acids is 1. The second-order valence-electron chi connectivity index (χ2n) is 10.4. The number of hydrogen-bond donors (Lipinski definition) is 1. The number of likely N-dealkylation sites (tertiary alicyclic amines) is 1. The van der Waals surface area contributed by atoms with Gasteiger partial charge in [0.2, 0.25) is 0 Å². The van der Waals surface area contributed by atoms with E-state index in [0.29, 0.717) is 36.9 Å². The van der Waals surface area contributed by atoms with Gasteiger partial charge in [0.1, 0.15) is 5.69 Å². The lowest BCUT2D eigenvalue weighted by atomic mass is 9.83. The molecule has 0 saturated carbocycles. The molecule has 7 heteroatoms. The first-order valence-electron chi connectivity index (χ1n) is 13.3. The molecule has 0 unspecified atom stereocenters. The molecule has 0 radical (unpaired) electrons. The Hall–Kier alpha value is -4.78. The molecule has 7 nitrogen and oxygen atoms in total. The van der Waals surface area contributed by atoms with Crippen LogP contribution in [0.4, 0.5) is 11.5 Å². The van der Waals surface area contributed by atoms with Crippen molar-refractivity contribution >= 4 is 28.2 Å². The summed E-state index contributed by atoms with van der Waals surface area (Å²) in [5.74, 6) is 1.22. The van der Waals surface area contributed by atoms with E-state index in [2.05, 4.69) is 15.5 Å². The average molecular weight is 514 g/mol. The lowest BCUT2D eigenvalue weighted by Gasteiger charge is -2.42.